The lowest BCUT2D eigenvalue weighted by Gasteiger charge is -2.12. The number of hydrogen-bond donors (Lipinski definition) is 2. The molecule has 27 heavy (non-hydrogen) atoms. The molecular formula is C19H23N3O5. The van der Waals surface area contributed by atoms with Crippen LogP contribution in [0.5, 0.6) is 11.5 Å². The average Bonchev–Trinajstić information content (AvgIpc) is 3.17. The molecule has 1 aliphatic heterocycles. The van der Waals surface area contributed by atoms with E-state index in [-0.39, 0.29) is 18.3 Å². The van der Waals surface area contributed by atoms with Crippen LogP contribution >= 0.6 is 0 Å². The summed E-state index contributed by atoms with van der Waals surface area (Å²) < 4.78 is 16.2. The summed E-state index contributed by atoms with van der Waals surface area (Å²) in [5, 5.41) is 12.0. The molecule has 8 heteroatoms. The molecule has 0 radical (unpaired) electrons. The topological polar surface area (TPSA) is 124 Å². The van der Waals surface area contributed by atoms with Gasteiger partial charge in [-0.25, -0.2) is 0 Å². The molecule has 1 aromatic carbocycles. The lowest BCUT2D eigenvalue weighted by molar-refractivity contribution is -0.120. The fraction of sp³-hybridized carbons (Fsp3) is 0.421. The van der Waals surface area contributed by atoms with Crippen LogP contribution in [0.25, 0.3) is 6.08 Å². The van der Waals surface area contributed by atoms with Crippen LogP contribution in [0.1, 0.15) is 25.3 Å². The number of rotatable bonds is 9. The summed E-state index contributed by atoms with van der Waals surface area (Å²) >= 11 is 0. The molecule has 0 spiro atoms. The van der Waals surface area contributed by atoms with Crippen molar-refractivity contribution < 1.29 is 23.8 Å². The van der Waals surface area contributed by atoms with Crippen LogP contribution in [0, 0.1) is 11.3 Å². The van der Waals surface area contributed by atoms with Crippen molar-refractivity contribution in [2.75, 3.05) is 26.4 Å². The van der Waals surface area contributed by atoms with Gasteiger partial charge in [-0.2, -0.15) is 5.26 Å². The minimum Gasteiger partial charge on any atom is -0.490 e. The van der Waals surface area contributed by atoms with E-state index in [4.69, 9.17) is 19.9 Å². The highest BCUT2D eigenvalue weighted by Crippen LogP contribution is 2.29. The van der Waals surface area contributed by atoms with Crippen LogP contribution in [0.3, 0.4) is 0 Å². The maximum absolute atomic E-state index is 12.2. The average molecular weight is 373 g/mol. The number of nitrogens with two attached hydrogens (primary N) is 1. The first-order chi connectivity index (χ1) is 13.0. The van der Waals surface area contributed by atoms with E-state index < -0.39 is 11.8 Å². The van der Waals surface area contributed by atoms with Gasteiger partial charge in [-0.3, -0.25) is 9.59 Å². The molecular weight excluding hydrogens is 350 g/mol. The van der Waals surface area contributed by atoms with Crippen LogP contribution in [-0.4, -0.2) is 44.3 Å². The van der Waals surface area contributed by atoms with Gasteiger partial charge in [0.05, 0.1) is 12.7 Å². The van der Waals surface area contributed by atoms with Gasteiger partial charge < -0.3 is 25.3 Å². The number of nitrogens with zero attached hydrogens (tertiary/aromatic N) is 1. The molecule has 8 nitrogen and oxygen atoms in total. The summed E-state index contributed by atoms with van der Waals surface area (Å²) in [5.74, 6) is -0.310. The van der Waals surface area contributed by atoms with Crippen molar-refractivity contribution in [1.82, 2.24) is 5.32 Å². The summed E-state index contributed by atoms with van der Waals surface area (Å²) in [4.78, 5) is 23.1. The number of benzene rings is 1. The fourth-order valence-electron chi connectivity index (χ4n) is 2.57. The van der Waals surface area contributed by atoms with Crippen molar-refractivity contribution in [3.05, 3.63) is 29.3 Å². The number of nitrogens with one attached hydrogen (secondary N) is 1. The van der Waals surface area contributed by atoms with Gasteiger partial charge in [0.15, 0.2) is 18.1 Å². The van der Waals surface area contributed by atoms with Crippen LogP contribution in [0.2, 0.25) is 0 Å². The molecule has 0 aliphatic carbocycles. The largest absolute Gasteiger partial charge is 0.490 e. The third kappa shape index (κ3) is 6.31. The third-order valence-electron chi connectivity index (χ3n) is 3.83. The molecule has 0 saturated carbocycles. The first-order valence-electron chi connectivity index (χ1n) is 8.73. The quantitative estimate of drug-likeness (QED) is 0.494. The number of carbonyl (C=O) groups is 2. The fourth-order valence-corrected chi connectivity index (χ4v) is 2.57. The van der Waals surface area contributed by atoms with Gasteiger partial charge >= 0.3 is 0 Å². The zero-order valence-corrected chi connectivity index (χ0v) is 15.2. The second-order valence-electron chi connectivity index (χ2n) is 5.91. The second kappa shape index (κ2) is 10.2. The third-order valence-corrected chi connectivity index (χ3v) is 3.83. The summed E-state index contributed by atoms with van der Waals surface area (Å²) in [6.07, 6.45) is 3.34. The highest BCUT2D eigenvalue weighted by Gasteiger charge is 2.18. The molecule has 2 amide bonds. The zero-order valence-electron chi connectivity index (χ0n) is 15.2. The standard InChI is InChI=1S/C19H23N3O5/c1-2-25-17-9-13(5-6-16(17)27-12-18(21)23)8-14(10-20)19(24)22-11-15-4-3-7-26-15/h5-6,8-9,15H,2-4,7,11-12H2,1H3,(H2,21,23)(H,22,24)/b14-8-/t15-/m1/s1. The van der Waals surface area contributed by atoms with Gasteiger partial charge in [-0.05, 0) is 43.5 Å². The first-order valence-corrected chi connectivity index (χ1v) is 8.73. The molecule has 1 saturated heterocycles. The highest BCUT2D eigenvalue weighted by atomic mass is 16.5. The molecule has 3 N–H and O–H groups in total. The summed E-state index contributed by atoms with van der Waals surface area (Å²) in [7, 11) is 0. The van der Waals surface area contributed by atoms with Gasteiger partial charge in [-0.1, -0.05) is 6.07 Å². The predicted molar refractivity (Wildman–Crippen MR) is 97.9 cm³/mol. The summed E-state index contributed by atoms with van der Waals surface area (Å²) in [6.45, 7) is 2.99. The van der Waals surface area contributed by atoms with Crippen LogP contribution in [0.15, 0.2) is 23.8 Å². The maximum atomic E-state index is 12.2. The van der Waals surface area contributed by atoms with Gasteiger partial charge in [-0.15, -0.1) is 0 Å². The van der Waals surface area contributed by atoms with E-state index >= 15 is 0 Å². The van der Waals surface area contributed by atoms with E-state index in [0.29, 0.717) is 36.8 Å². The first kappa shape index (κ1) is 20.3. The van der Waals surface area contributed by atoms with Crippen molar-refractivity contribution in [3.8, 4) is 17.6 Å². The van der Waals surface area contributed by atoms with E-state index in [9.17, 15) is 14.9 Å². The minimum absolute atomic E-state index is 0.000127. The maximum Gasteiger partial charge on any atom is 0.262 e. The van der Waals surface area contributed by atoms with Gasteiger partial charge in [0.2, 0.25) is 0 Å². The molecule has 0 bridgehead atoms. The molecule has 1 fully saturated rings. The SMILES string of the molecule is CCOc1cc(/C=C(/C#N)C(=O)NC[C@H]2CCCO2)ccc1OCC(N)=O. The van der Waals surface area contributed by atoms with Crippen LogP contribution in [-0.2, 0) is 14.3 Å². The summed E-state index contributed by atoms with van der Waals surface area (Å²) in [6, 6.07) is 6.79. The van der Waals surface area contributed by atoms with E-state index in [1.54, 1.807) is 25.1 Å². The smallest absolute Gasteiger partial charge is 0.262 e. The molecule has 1 atom stereocenters. The second-order valence-corrected chi connectivity index (χ2v) is 5.91. The Morgan fingerprint density at radius 1 is 1.41 bits per heavy atom. The van der Waals surface area contributed by atoms with E-state index in [2.05, 4.69) is 5.32 Å². The van der Waals surface area contributed by atoms with Crippen LogP contribution in [0.4, 0.5) is 0 Å². The molecule has 2 rings (SSSR count). The lowest BCUT2D eigenvalue weighted by Crippen LogP contribution is -2.32. The molecule has 144 valence electrons. The number of amides is 2. The summed E-state index contributed by atoms with van der Waals surface area (Å²) in [5.41, 5.74) is 5.65. The molecule has 0 aromatic heterocycles. The Hall–Kier alpha value is -3.05. The van der Waals surface area contributed by atoms with E-state index in [0.717, 1.165) is 12.8 Å². The Morgan fingerprint density at radius 2 is 2.22 bits per heavy atom. The number of hydrogen-bond acceptors (Lipinski definition) is 6. The van der Waals surface area contributed by atoms with Gasteiger partial charge in [0, 0.05) is 13.2 Å². The zero-order chi connectivity index (χ0) is 19.6. The molecule has 1 heterocycles. The highest BCUT2D eigenvalue weighted by molar-refractivity contribution is 6.01. The number of primary amides is 1. The Kier molecular flexibility index (Phi) is 7.64. The minimum atomic E-state index is -0.601. The molecule has 1 aliphatic rings. The molecule has 1 aromatic rings. The number of nitriles is 1. The molecule has 0 unspecified atom stereocenters. The Balaban J connectivity index is 2.11. The number of ether oxygens (including phenoxy) is 3. The predicted octanol–water partition coefficient (Wildman–Crippen LogP) is 1.15. The Bertz CT molecular complexity index is 748. The lowest BCUT2D eigenvalue weighted by atomic mass is 10.1. The Labute approximate surface area is 157 Å². The van der Waals surface area contributed by atoms with Crippen LogP contribution < -0.4 is 20.5 Å². The monoisotopic (exact) mass is 373 g/mol. The van der Waals surface area contributed by atoms with Gasteiger partial charge in [0.1, 0.15) is 11.6 Å². The van der Waals surface area contributed by atoms with Gasteiger partial charge in [0.25, 0.3) is 11.8 Å². The van der Waals surface area contributed by atoms with Crippen molar-refractivity contribution in [2.45, 2.75) is 25.9 Å². The van der Waals surface area contributed by atoms with E-state index in [1.165, 1.54) is 6.08 Å². The Morgan fingerprint density at radius 3 is 2.85 bits per heavy atom. The normalized spacial score (nSPS) is 16.4. The van der Waals surface area contributed by atoms with Crippen molar-refractivity contribution in [3.63, 3.8) is 0 Å². The van der Waals surface area contributed by atoms with E-state index in [1.807, 2.05) is 6.07 Å². The number of carbonyl (C=O) groups excluding carboxylic acids is 2. The van der Waals surface area contributed by atoms with Crippen molar-refractivity contribution in [1.29, 1.82) is 5.26 Å². The van der Waals surface area contributed by atoms with Crippen molar-refractivity contribution >= 4 is 17.9 Å². The van der Waals surface area contributed by atoms with Crippen molar-refractivity contribution in [2.24, 2.45) is 5.73 Å².